The maximum absolute atomic E-state index is 5.91. The Bertz CT molecular complexity index is 606. The van der Waals surface area contributed by atoms with Gasteiger partial charge in [-0.05, 0) is 39.6 Å². The van der Waals surface area contributed by atoms with Gasteiger partial charge in [0, 0.05) is 18.7 Å². The third-order valence-corrected chi connectivity index (χ3v) is 4.01. The number of hydrogen-bond acceptors (Lipinski definition) is 4. The molecule has 0 spiro atoms. The summed E-state index contributed by atoms with van der Waals surface area (Å²) < 4.78 is 7.57. The highest BCUT2D eigenvalue weighted by molar-refractivity contribution is 5.78. The predicted octanol–water partition coefficient (Wildman–Crippen LogP) is 2.58. The molecule has 1 aromatic carbocycles. The van der Waals surface area contributed by atoms with Crippen LogP contribution >= 0.6 is 0 Å². The number of nitrogens with zero attached hydrogens (tertiary/aromatic N) is 3. The van der Waals surface area contributed by atoms with Crippen molar-refractivity contribution in [3.63, 3.8) is 0 Å². The van der Waals surface area contributed by atoms with Crippen molar-refractivity contribution in [1.82, 2.24) is 14.5 Å². The van der Waals surface area contributed by atoms with Gasteiger partial charge >= 0.3 is 0 Å². The average molecular weight is 290 g/mol. The van der Waals surface area contributed by atoms with Crippen molar-refractivity contribution < 1.29 is 4.74 Å². The molecule has 0 saturated heterocycles. The van der Waals surface area contributed by atoms with Crippen LogP contribution in [0.25, 0.3) is 11.0 Å². The number of fused-ring (bicyclic) bond motifs is 1. The summed E-state index contributed by atoms with van der Waals surface area (Å²) in [6.07, 6.45) is 1.00. The van der Waals surface area contributed by atoms with Crippen LogP contribution in [0.4, 0.5) is 0 Å². The topological polar surface area (TPSA) is 56.3 Å². The van der Waals surface area contributed by atoms with E-state index in [0.29, 0.717) is 6.54 Å². The van der Waals surface area contributed by atoms with Crippen LogP contribution in [-0.2, 0) is 0 Å². The van der Waals surface area contributed by atoms with Crippen molar-refractivity contribution in [3.05, 3.63) is 24.0 Å². The lowest BCUT2D eigenvalue weighted by Crippen LogP contribution is -2.26. The van der Waals surface area contributed by atoms with Gasteiger partial charge in [-0.3, -0.25) is 4.90 Å². The van der Waals surface area contributed by atoms with E-state index in [1.165, 1.54) is 0 Å². The van der Waals surface area contributed by atoms with Crippen LogP contribution in [0.3, 0.4) is 0 Å². The molecule has 2 aromatic rings. The zero-order valence-electron chi connectivity index (χ0n) is 13.6. The molecule has 116 valence electrons. The van der Waals surface area contributed by atoms with Gasteiger partial charge < -0.3 is 15.0 Å². The van der Waals surface area contributed by atoms with E-state index < -0.39 is 0 Å². The van der Waals surface area contributed by atoms with Gasteiger partial charge in [0.25, 0.3) is 0 Å². The first-order valence-electron chi connectivity index (χ1n) is 7.45. The molecule has 0 aliphatic rings. The molecule has 0 bridgehead atoms. The lowest BCUT2D eigenvalue weighted by atomic mass is 10.2. The maximum Gasteiger partial charge on any atom is 0.127 e. The van der Waals surface area contributed by atoms with Crippen molar-refractivity contribution in [2.45, 2.75) is 32.4 Å². The highest BCUT2D eigenvalue weighted by atomic mass is 16.5. The van der Waals surface area contributed by atoms with Crippen LogP contribution in [-0.4, -0.2) is 42.2 Å². The zero-order chi connectivity index (χ0) is 15.6. The Morgan fingerprint density at radius 2 is 2.10 bits per heavy atom. The Hall–Kier alpha value is -1.59. The Balaban J connectivity index is 2.67. The summed E-state index contributed by atoms with van der Waals surface area (Å²) in [7, 11) is 5.85. The molecule has 0 amide bonds. The van der Waals surface area contributed by atoms with Gasteiger partial charge in [0.05, 0.1) is 24.2 Å². The first kappa shape index (κ1) is 15.8. The number of hydrogen-bond donors (Lipinski definition) is 1. The fourth-order valence-corrected chi connectivity index (χ4v) is 2.81. The molecule has 5 nitrogen and oxygen atoms in total. The van der Waals surface area contributed by atoms with E-state index in [0.717, 1.165) is 29.0 Å². The van der Waals surface area contributed by atoms with E-state index >= 15 is 0 Å². The summed E-state index contributed by atoms with van der Waals surface area (Å²) >= 11 is 0. The number of methoxy groups -OCH3 is 1. The van der Waals surface area contributed by atoms with E-state index in [1.54, 1.807) is 7.11 Å². The first-order chi connectivity index (χ1) is 10.0. The molecule has 2 N–H and O–H groups in total. The predicted molar refractivity (Wildman–Crippen MR) is 86.8 cm³/mol. The van der Waals surface area contributed by atoms with Gasteiger partial charge in [-0.25, -0.2) is 4.98 Å². The number of imidazole rings is 1. The van der Waals surface area contributed by atoms with Crippen LogP contribution < -0.4 is 10.5 Å². The molecule has 2 unspecified atom stereocenters. The molecule has 21 heavy (non-hydrogen) atoms. The molecular weight excluding hydrogens is 264 g/mol. The molecule has 0 fully saturated rings. The highest BCUT2D eigenvalue weighted by Crippen LogP contribution is 2.30. The SMILES string of the molecule is CCC(c1nc2cc(OC)ccc2n1C(C)CN)N(C)C. The molecule has 1 heterocycles. The molecular formula is C16H26N4O. The second kappa shape index (κ2) is 6.45. The van der Waals surface area contributed by atoms with E-state index in [-0.39, 0.29) is 12.1 Å². The first-order valence-corrected chi connectivity index (χ1v) is 7.45. The number of aromatic nitrogens is 2. The largest absolute Gasteiger partial charge is 0.497 e. The normalized spacial score (nSPS) is 14.6. The molecule has 2 atom stereocenters. The summed E-state index contributed by atoms with van der Waals surface area (Å²) in [4.78, 5) is 7.08. The smallest absolute Gasteiger partial charge is 0.127 e. The van der Waals surface area contributed by atoms with Crippen LogP contribution in [0.1, 0.15) is 38.2 Å². The monoisotopic (exact) mass is 290 g/mol. The van der Waals surface area contributed by atoms with Gasteiger partial charge in [0.1, 0.15) is 11.6 Å². The Morgan fingerprint density at radius 3 is 2.62 bits per heavy atom. The summed E-state index contributed by atoms with van der Waals surface area (Å²) in [6.45, 7) is 4.91. The Labute approximate surface area is 126 Å². The van der Waals surface area contributed by atoms with Gasteiger partial charge in [-0.2, -0.15) is 0 Å². The minimum atomic E-state index is 0.215. The van der Waals surface area contributed by atoms with Crippen molar-refractivity contribution in [2.24, 2.45) is 5.73 Å². The second-order valence-electron chi connectivity index (χ2n) is 5.67. The fraction of sp³-hybridized carbons (Fsp3) is 0.562. The molecule has 0 saturated carbocycles. The van der Waals surface area contributed by atoms with Crippen LogP contribution in [0.2, 0.25) is 0 Å². The standard InChI is InChI=1S/C16H26N4O/c1-6-14(19(3)4)16-18-13-9-12(21-5)7-8-15(13)20(16)11(2)10-17/h7-9,11,14H,6,10,17H2,1-5H3. The molecule has 0 aliphatic carbocycles. The number of benzene rings is 1. The third-order valence-electron chi connectivity index (χ3n) is 4.01. The quantitative estimate of drug-likeness (QED) is 0.888. The minimum absolute atomic E-state index is 0.215. The number of ether oxygens (including phenoxy) is 1. The average Bonchev–Trinajstić information content (AvgIpc) is 2.84. The van der Waals surface area contributed by atoms with Crippen molar-refractivity contribution in [1.29, 1.82) is 0 Å². The lowest BCUT2D eigenvalue weighted by molar-refractivity contribution is 0.270. The molecule has 2 rings (SSSR count). The van der Waals surface area contributed by atoms with Crippen LogP contribution in [0, 0.1) is 0 Å². The summed E-state index contributed by atoms with van der Waals surface area (Å²) in [5.41, 5.74) is 7.99. The second-order valence-corrected chi connectivity index (χ2v) is 5.67. The summed E-state index contributed by atoms with van der Waals surface area (Å²) in [5, 5.41) is 0. The number of rotatable bonds is 6. The van der Waals surface area contributed by atoms with E-state index in [1.807, 2.05) is 12.1 Å². The van der Waals surface area contributed by atoms with Crippen molar-refractivity contribution in [2.75, 3.05) is 27.7 Å². The zero-order valence-corrected chi connectivity index (χ0v) is 13.6. The van der Waals surface area contributed by atoms with Crippen molar-refractivity contribution in [3.8, 4) is 5.75 Å². The molecule has 0 radical (unpaired) electrons. The highest BCUT2D eigenvalue weighted by Gasteiger charge is 2.23. The Morgan fingerprint density at radius 1 is 1.38 bits per heavy atom. The van der Waals surface area contributed by atoms with Crippen molar-refractivity contribution >= 4 is 11.0 Å². The van der Waals surface area contributed by atoms with Gasteiger partial charge in [0.15, 0.2) is 0 Å². The van der Waals surface area contributed by atoms with E-state index in [9.17, 15) is 0 Å². The van der Waals surface area contributed by atoms with Gasteiger partial charge in [-0.15, -0.1) is 0 Å². The lowest BCUT2D eigenvalue weighted by Gasteiger charge is -2.25. The number of nitrogens with two attached hydrogens (primary N) is 1. The molecule has 5 heteroatoms. The molecule has 1 aromatic heterocycles. The summed E-state index contributed by atoms with van der Waals surface area (Å²) in [5.74, 6) is 1.90. The maximum atomic E-state index is 5.91. The van der Waals surface area contributed by atoms with Crippen LogP contribution in [0.5, 0.6) is 5.75 Å². The van der Waals surface area contributed by atoms with Gasteiger partial charge in [0.2, 0.25) is 0 Å². The van der Waals surface area contributed by atoms with E-state index in [4.69, 9.17) is 15.5 Å². The molecule has 0 aliphatic heterocycles. The Kier molecular flexibility index (Phi) is 4.85. The third kappa shape index (κ3) is 2.89. The minimum Gasteiger partial charge on any atom is -0.497 e. The fourth-order valence-electron chi connectivity index (χ4n) is 2.81. The van der Waals surface area contributed by atoms with Gasteiger partial charge in [-0.1, -0.05) is 6.92 Å². The van der Waals surface area contributed by atoms with Crippen LogP contribution in [0.15, 0.2) is 18.2 Å². The van der Waals surface area contributed by atoms with E-state index in [2.05, 4.69) is 43.5 Å². The summed E-state index contributed by atoms with van der Waals surface area (Å²) in [6, 6.07) is 6.52.